The minimum absolute atomic E-state index is 0.300. The first kappa shape index (κ1) is 19.0. The van der Waals surface area contributed by atoms with Crippen molar-refractivity contribution in [3.05, 3.63) is 47.5 Å². The Kier molecular flexibility index (Phi) is 4.73. The maximum Gasteiger partial charge on any atom is 0.241 e. The largest absolute Gasteiger partial charge is 0.598 e. The van der Waals surface area contributed by atoms with Gasteiger partial charge in [0.2, 0.25) is 5.88 Å². The molecule has 146 valence electrons. The minimum Gasteiger partial charge on any atom is -0.598 e. The highest BCUT2D eigenvalue weighted by atomic mass is 32.2. The normalized spacial score (nSPS) is 15.5. The molecule has 0 bridgehead atoms. The van der Waals surface area contributed by atoms with E-state index in [9.17, 15) is 8.94 Å². The lowest BCUT2D eigenvalue weighted by Crippen LogP contribution is -2.40. The third-order valence-electron chi connectivity index (χ3n) is 4.53. The Bertz CT molecular complexity index is 1050. The third-order valence-corrected chi connectivity index (χ3v) is 6.21. The lowest BCUT2D eigenvalue weighted by Gasteiger charge is -2.27. The van der Waals surface area contributed by atoms with Crippen LogP contribution in [0.5, 0.6) is 5.88 Å². The molecule has 1 aromatic carbocycles. The van der Waals surface area contributed by atoms with E-state index in [0.717, 1.165) is 11.3 Å². The van der Waals surface area contributed by atoms with E-state index in [1.54, 1.807) is 6.20 Å². The first-order chi connectivity index (χ1) is 13.2. The second-order valence-electron chi connectivity index (χ2n) is 7.75. The van der Waals surface area contributed by atoms with Crippen LogP contribution in [-0.2, 0) is 18.0 Å². The summed E-state index contributed by atoms with van der Waals surface area (Å²) in [5.41, 5.74) is 3.76. The summed E-state index contributed by atoms with van der Waals surface area (Å²) in [6.45, 7) is 7.77. The molecule has 3 aromatic rings. The molecular weight excluding hydrogens is 379 g/mol. The summed E-state index contributed by atoms with van der Waals surface area (Å²) in [7, 11) is 0. The molecule has 1 unspecified atom stereocenters. The van der Waals surface area contributed by atoms with Gasteiger partial charge in [0.1, 0.15) is 22.9 Å². The zero-order valence-corrected chi connectivity index (χ0v) is 16.9. The van der Waals surface area contributed by atoms with Crippen molar-refractivity contribution in [3.8, 4) is 17.1 Å². The van der Waals surface area contributed by atoms with E-state index in [1.165, 1.54) is 12.1 Å². The molecule has 0 aliphatic carbocycles. The number of ether oxygens (including phenoxy) is 1. The van der Waals surface area contributed by atoms with Crippen molar-refractivity contribution in [2.24, 2.45) is 0 Å². The van der Waals surface area contributed by atoms with E-state index in [1.807, 2.05) is 39.8 Å². The van der Waals surface area contributed by atoms with Crippen molar-refractivity contribution in [2.75, 3.05) is 0 Å². The molecule has 1 aliphatic heterocycles. The number of hydrogen-bond acceptors (Lipinski definition) is 6. The second-order valence-corrected chi connectivity index (χ2v) is 9.74. The molecule has 2 atom stereocenters. The van der Waals surface area contributed by atoms with Crippen LogP contribution in [0.2, 0.25) is 0 Å². The standard InChI is InChI=1S/C20H21FN4O2S/c1-11(25-28(26)20(2,3)4)14-8-12(21)9-15-17(14)24-18-13-6-5-7-22-16(13)10-27-19(18)23-15/h5-9,11,25H,10H2,1-4H3/t11-,28?/m1/s1. The van der Waals surface area contributed by atoms with E-state index >= 15 is 0 Å². The van der Waals surface area contributed by atoms with Crippen LogP contribution in [0.25, 0.3) is 22.3 Å². The second kappa shape index (κ2) is 6.95. The van der Waals surface area contributed by atoms with Crippen LogP contribution < -0.4 is 9.46 Å². The Balaban J connectivity index is 1.84. The highest BCUT2D eigenvalue weighted by Gasteiger charge is 2.30. The number of pyridine rings is 1. The molecule has 1 N–H and O–H groups in total. The third kappa shape index (κ3) is 3.43. The van der Waals surface area contributed by atoms with Gasteiger partial charge in [0.15, 0.2) is 0 Å². The zero-order chi connectivity index (χ0) is 20.1. The van der Waals surface area contributed by atoms with Gasteiger partial charge in [0, 0.05) is 34.8 Å². The quantitative estimate of drug-likeness (QED) is 0.673. The molecule has 0 saturated carbocycles. The van der Waals surface area contributed by atoms with Gasteiger partial charge in [-0.2, -0.15) is 0 Å². The average molecular weight is 400 g/mol. The van der Waals surface area contributed by atoms with Crippen LogP contribution in [0.1, 0.15) is 45.0 Å². The van der Waals surface area contributed by atoms with Crippen molar-refractivity contribution in [3.63, 3.8) is 0 Å². The van der Waals surface area contributed by atoms with Crippen molar-refractivity contribution in [2.45, 2.75) is 45.1 Å². The predicted octanol–water partition coefficient (Wildman–Crippen LogP) is 3.84. The number of nitrogens with one attached hydrogen (secondary N) is 1. The van der Waals surface area contributed by atoms with Crippen LogP contribution >= 0.6 is 0 Å². The van der Waals surface area contributed by atoms with E-state index in [4.69, 9.17) is 9.72 Å². The Hall–Kier alpha value is -2.29. The Morgan fingerprint density at radius 1 is 1.29 bits per heavy atom. The van der Waals surface area contributed by atoms with Crippen LogP contribution in [0.4, 0.5) is 4.39 Å². The van der Waals surface area contributed by atoms with Crippen molar-refractivity contribution < 1.29 is 13.7 Å². The molecule has 4 rings (SSSR count). The van der Waals surface area contributed by atoms with Crippen molar-refractivity contribution in [1.82, 2.24) is 19.7 Å². The highest BCUT2D eigenvalue weighted by molar-refractivity contribution is 7.90. The topological polar surface area (TPSA) is 83.0 Å². The Morgan fingerprint density at radius 3 is 2.82 bits per heavy atom. The highest BCUT2D eigenvalue weighted by Crippen LogP contribution is 2.36. The summed E-state index contributed by atoms with van der Waals surface area (Å²) in [5, 5.41) is 0. The smallest absolute Gasteiger partial charge is 0.241 e. The van der Waals surface area contributed by atoms with Crippen LogP contribution in [-0.4, -0.2) is 24.3 Å². The monoisotopic (exact) mass is 400 g/mol. The summed E-state index contributed by atoms with van der Waals surface area (Å²) in [6, 6.07) is 6.12. The molecule has 0 amide bonds. The fourth-order valence-electron chi connectivity index (χ4n) is 3.05. The van der Waals surface area contributed by atoms with Crippen LogP contribution in [0.15, 0.2) is 30.5 Å². The summed E-state index contributed by atoms with van der Waals surface area (Å²) >= 11 is -1.31. The maximum absolute atomic E-state index is 14.3. The van der Waals surface area contributed by atoms with Gasteiger partial charge in [0.05, 0.1) is 22.8 Å². The van der Waals surface area contributed by atoms with Crippen molar-refractivity contribution >= 4 is 22.4 Å². The number of nitrogens with zero attached hydrogens (tertiary/aromatic N) is 3. The van der Waals surface area contributed by atoms with Crippen LogP contribution in [0.3, 0.4) is 0 Å². The average Bonchev–Trinajstić information content (AvgIpc) is 2.65. The molecule has 0 spiro atoms. The van der Waals surface area contributed by atoms with Gasteiger partial charge in [-0.25, -0.2) is 14.4 Å². The van der Waals surface area contributed by atoms with E-state index < -0.39 is 21.9 Å². The summed E-state index contributed by atoms with van der Waals surface area (Å²) in [6.07, 6.45) is 1.70. The molecule has 0 radical (unpaired) electrons. The maximum atomic E-state index is 14.3. The minimum atomic E-state index is -1.31. The number of aromatic nitrogens is 3. The number of hydrogen-bond donors (Lipinski definition) is 1. The summed E-state index contributed by atoms with van der Waals surface area (Å²) < 4.78 is 35.1. The summed E-state index contributed by atoms with van der Waals surface area (Å²) in [5.74, 6) is -0.0618. The molecular formula is C20H21FN4O2S. The van der Waals surface area contributed by atoms with Gasteiger partial charge in [-0.15, -0.1) is 4.72 Å². The molecule has 2 aromatic heterocycles. The Morgan fingerprint density at radius 2 is 2.07 bits per heavy atom. The zero-order valence-electron chi connectivity index (χ0n) is 16.1. The molecule has 0 fully saturated rings. The van der Waals surface area contributed by atoms with Gasteiger partial charge >= 0.3 is 0 Å². The van der Waals surface area contributed by atoms with E-state index in [0.29, 0.717) is 34.8 Å². The number of benzene rings is 1. The molecule has 6 nitrogen and oxygen atoms in total. The molecule has 0 saturated heterocycles. The van der Waals surface area contributed by atoms with Crippen LogP contribution in [0, 0.1) is 5.82 Å². The van der Waals surface area contributed by atoms with Gasteiger partial charge < -0.3 is 9.29 Å². The first-order valence-corrected chi connectivity index (χ1v) is 10.2. The van der Waals surface area contributed by atoms with Gasteiger partial charge in [-0.05, 0) is 45.9 Å². The Labute approximate surface area is 165 Å². The number of halogens is 1. The summed E-state index contributed by atoms with van der Waals surface area (Å²) in [4.78, 5) is 13.6. The fraction of sp³-hybridized carbons (Fsp3) is 0.350. The van der Waals surface area contributed by atoms with Gasteiger partial charge in [-0.1, -0.05) is 0 Å². The lowest BCUT2D eigenvalue weighted by atomic mass is 10.0. The molecule has 3 heterocycles. The fourth-order valence-corrected chi connectivity index (χ4v) is 3.85. The number of rotatable bonds is 3. The van der Waals surface area contributed by atoms with E-state index in [-0.39, 0.29) is 6.04 Å². The molecule has 28 heavy (non-hydrogen) atoms. The molecule has 8 heteroatoms. The molecule has 1 aliphatic rings. The SMILES string of the molecule is C[C@@H](N[S+]([O-])C(C)(C)C)c1cc(F)cc2nc3c(nc12)-c1cccnc1CO3. The predicted molar refractivity (Wildman–Crippen MR) is 107 cm³/mol. The van der Waals surface area contributed by atoms with E-state index in [2.05, 4.69) is 14.7 Å². The van der Waals surface area contributed by atoms with Gasteiger partial charge in [0.25, 0.3) is 0 Å². The lowest BCUT2D eigenvalue weighted by molar-refractivity contribution is 0.285. The van der Waals surface area contributed by atoms with Crippen molar-refractivity contribution in [1.29, 1.82) is 0 Å². The van der Waals surface area contributed by atoms with Gasteiger partial charge in [-0.3, -0.25) is 4.98 Å². The number of fused-ring (bicyclic) bond motifs is 4. The first-order valence-electron chi connectivity index (χ1n) is 9.00.